The smallest absolute Gasteiger partial charge is 0.150 e. The van der Waals surface area contributed by atoms with Crippen LogP contribution in [0, 0.1) is 0 Å². The molecule has 0 unspecified atom stereocenters. The van der Waals surface area contributed by atoms with Crippen LogP contribution in [0.25, 0.3) is 10.8 Å². The zero-order chi connectivity index (χ0) is 14.7. The van der Waals surface area contributed by atoms with Gasteiger partial charge in [-0.3, -0.25) is 4.79 Å². The fourth-order valence-corrected chi connectivity index (χ4v) is 2.39. The molecule has 0 radical (unpaired) electrons. The Kier molecular flexibility index (Phi) is 4.28. The summed E-state index contributed by atoms with van der Waals surface area (Å²) in [6.07, 6.45) is 0.917. The van der Waals surface area contributed by atoms with Gasteiger partial charge in [0.25, 0.3) is 0 Å². The number of nitrogens with one attached hydrogen (secondary N) is 2. The van der Waals surface area contributed by atoms with Crippen LogP contribution in [0.3, 0.4) is 0 Å². The van der Waals surface area contributed by atoms with E-state index in [-0.39, 0.29) is 0 Å². The second-order valence-corrected chi connectivity index (χ2v) is 5.65. The van der Waals surface area contributed by atoms with Gasteiger partial charge in [0.15, 0.2) is 6.29 Å². The standard InChI is InChI=1S/C17H22N2O/c1-11(2)18-15-7-5-6-14-13(10-20)8-9-16(17(14)15)19-12(3)4/h5-12,18-19H,1-4H3. The second kappa shape index (κ2) is 5.95. The molecule has 0 saturated carbocycles. The van der Waals surface area contributed by atoms with E-state index in [9.17, 15) is 4.79 Å². The van der Waals surface area contributed by atoms with E-state index in [4.69, 9.17) is 0 Å². The monoisotopic (exact) mass is 270 g/mol. The van der Waals surface area contributed by atoms with Gasteiger partial charge in [0.1, 0.15) is 0 Å². The first-order valence-electron chi connectivity index (χ1n) is 7.07. The molecule has 2 rings (SSSR count). The summed E-state index contributed by atoms with van der Waals surface area (Å²) < 4.78 is 0. The van der Waals surface area contributed by atoms with Crippen molar-refractivity contribution in [3.8, 4) is 0 Å². The van der Waals surface area contributed by atoms with Gasteiger partial charge < -0.3 is 10.6 Å². The summed E-state index contributed by atoms with van der Waals surface area (Å²) in [5, 5.41) is 8.98. The number of carbonyl (C=O) groups excluding carboxylic acids is 1. The van der Waals surface area contributed by atoms with Crippen LogP contribution in [0.2, 0.25) is 0 Å². The minimum Gasteiger partial charge on any atom is -0.382 e. The lowest BCUT2D eigenvalue weighted by atomic mass is 10.0. The topological polar surface area (TPSA) is 41.1 Å². The second-order valence-electron chi connectivity index (χ2n) is 5.65. The van der Waals surface area contributed by atoms with E-state index in [2.05, 4.69) is 44.4 Å². The first-order valence-corrected chi connectivity index (χ1v) is 7.07. The predicted molar refractivity (Wildman–Crippen MR) is 86.9 cm³/mol. The Balaban J connectivity index is 2.70. The number of carbonyl (C=O) groups is 1. The van der Waals surface area contributed by atoms with E-state index in [1.807, 2.05) is 24.3 Å². The zero-order valence-corrected chi connectivity index (χ0v) is 12.5. The highest BCUT2D eigenvalue weighted by atomic mass is 16.1. The molecule has 0 aliphatic carbocycles. The summed E-state index contributed by atoms with van der Waals surface area (Å²) in [6, 6.07) is 10.6. The Morgan fingerprint density at radius 1 is 0.900 bits per heavy atom. The lowest BCUT2D eigenvalue weighted by Crippen LogP contribution is -2.13. The van der Waals surface area contributed by atoms with Crippen molar-refractivity contribution < 1.29 is 4.79 Å². The van der Waals surface area contributed by atoms with Gasteiger partial charge in [0, 0.05) is 34.4 Å². The highest BCUT2D eigenvalue weighted by molar-refractivity contribution is 6.09. The van der Waals surface area contributed by atoms with Gasteiger partial charge in [-0.05, 0) is 51.3 Å². The SMILES string of the molecule is CC(C)Nc1cccc2c(C=O)ccc(NC(C)C)c12. The largest absolute Gasteiger partial charge is 0.382 e. The van der Waals surface area contributed by atoms with Gasteiger partial charge >= 0.3 is 0 Å². The molecule has 3 heteroatoms. The molecule has 2 N–H and O–H groups in total. The quantitative estimate of drug-likeness (QED) is 0.796. The maximum atomic E-state index is 11.2. The Morgan fingerprint density at radius 2 is 1.50 bits per heavy atom. The molecule has 0 aliphatic rings. The molecule has 0 bridgehead atoms. The summed E-state index contributed by atoms with van der Waals surface area (Å²) in [5.74, 6) is 0. The summed E-state index contributed by atoms with van der Waals surface area (Å²) in [4.78, 5) is 11.2. The van der Waals surface area contributed by atoms with E-state index >= 15 is 0 Å². The highest BCUT2D eigenvalue weighted by Crippen LogP contribution is 2.33. The average Bonchev–Trinajstić information content (AvgIpc) is 2.37. The summed E-state index contributed by atoms with van der Waals surface area (Å²) in [5.41, 5.74) is 2.84. The number of hydrogen-bond donors (Lipinski definition) is 2. The fourth-order valence-electron chi connectivity index (χ4n) is 2.39. The normalized spacial score (nSPS) is 11.1. The van der Waals surface area contributed by atoms with Gasteiger partial charge in [0.05, 0.1) is 0 Å². The number of benzene rings is 2. The van der Waals surface area contributed by atoms with E-state index in [1.54, 1.807) is 0 Å². The number of anilines is 2. The van der Waals surface area contributed by atoms with Crippen molar-refractivity contribution in [2.75, 3.05) is 10.6 Å². The van der Waals surface area contributed by atoms with Crippen LogP contribution in [0.4, 0.5) is 11.4 Å². The molecule has 0 saturated heterocycles. The van der Waals surface area contributed by atoms with Crippen LogP contribution in [-0.4, -0.2) is 18.4 Å². The molecule has 0 aliphatic heterocycles. The maximum absolute atomic E-state index is 11.2. The first-order chi connectivity index (χ1) is 9.52. The molecule has 0 heterocycles. The molecular formula is C17H22N2O. The minimum absolute atomic E-state index is 0.340. The highest BCUT2D eigenvalue weighted by Gasteiger charge is 2.11. The fraction of sp³-hybridized carbons (Fsp3) is 0.353. The summed E-state index contributed by atoms with van der Waals surface area (Å²) >= 11 is 0. The number of hydrogen-bond acceptors (Lipinski definition) is 3. The molecule has 20 heavy (non-hydrogen) atoms. The molecular weight excluding hydrogens is 248 g/mol. The third-order valence-corrected chi connectivity index (χ3v) is 3.09. The van der Waals surface area contributed by atoms with Crippen molar-refractivity contribution in [2.45, 2.75) is 39.8 Å². The third kappa shape index (κ3) is 2.93. The third-order valence-electron chi connectivity index (χ3n) is 3.09. The molecule has 0 atom stereocenters. The molecule has 2 aromatic carbocycles. The van der Waals surface area contributed by atoms with Crippen molar-refractivity contribution in [1.29, 1.82) is 0 Å². The van der Waals surface area contributed by atoms with Crippen LogP contribution in [0.5, 0.6) is 0 Å². The van der Waals surface area contributed by atoms with Crippen LogP contribution >= 0.6 is 0 Å². The molecule has 2 aromatic rings. The van der Waals surface area contributed by atoms with Crippen molar-refractivity contribution in [2.24, 2.45) is 0 Å². The van der Waals surface area contributed by atoms with E-state index < -0.39 is 0 Å². The minimum atomic E-state index is 0.340. The number of aldehydes is 1. The maximum Gasteiger partial charge on any atom is 0.150 e. The van der Waals surface area contributed by atoms with Gasteiger partial charge in [-0.25, -0.2) is 0 Å². The molecule has 0 amide bonds. The van der Waals surface area contributed by atoms with E-state index in [0.717, 1.165) is 34.0 Å². The molecule has 0 aromatic heterocycles. The van der Waals surface area contributed by atoms with Crippen LogP contribution in [0.1, 0.15) is 38.1 Å². The van der Waals surface area contributed by atoms with Crippen LogP contribution < -0.4 is 10.6 Å². The summed E-state index contributed by atoms with van der Waals surface area (Å²) in [7, 11) is 0. The predicted octanol–water partition coefficient (Wildman–Crippen LogP) is 4.29. The van der Waals surface area contributed by atoms with Gasteiger partial charge in [0.2, 0.25) is 0 Å². The Labute approximate surface area is 120 Å². The molecule has 3 nitrogen and oxygen atoms in total. The average molecular weight is 270 g/mol. The molecule has 0 fully saturated rings. The Morgan fingerprint density at radius 3 is 2.05 bits per heavy atom. The lowest BCUT2D eigenvalue weighted by Gasteiger charge is -2.19. The zero-order valence-electron chi connectivity index (χ0n) is 12.5. The van der Waals surface area contributed by atoms with Crippen molar-refractivity contribution in [1.82, 2.24) is 0 Å². The van der Waals surface area contributed by atoms with Gasteiger partial charge in [-0.15, -0.1) is 0 Å². The number of rotatable bonds is 5. The van der Waals surface area contributed by atoms with Crippen molar-refractivity contribution in [3.63, 3.8) is 0 Å². The Hall–Kier alpha value is -2.03. The van der Waals surface area contributed by atoms with Gasteiger partial charge in [-0.1, -0.05) is 12.1 Å². The van der Waals surface area contributed by atoms with Crippen LogP contribution in [-0.2, 0) is 0 Å². The lowest BCUT2D eigenvalue weighted by molar-refractivity contribution is 0.112. The van der Waals surface area contributed by atoms with E-state index in [0.29, 0.717) is 12.1 Å². The first kappa shape index (κ1) is 14.4. The van der Waals surface area contributed by atoms with Crippen LogP contribution in [0.15, 0.2) is 30.3 Å². The van der Waals surface area contributed by atoms with Crippen molar-refractivity contribution >= 4 is 28.4 Å². The number of fused-ring (bicyclic) bond motifs is 1. The van der Waals surface area contributed by atoms with E-state index in [1.165, 1.54) is 0 Å². The summed E-state index contributed by atoms with van der Waals surface area (Å²) in [6.45, 7) is 8.44. The molecule has 0 spiro atoms. The molecule has 106 valence electrons. The van der Waals surface area contributed by atoms with Crippen molar-refractivity contribution in [3.05, 3.63) is 35.9 Å². The Bertz CT molecular complexity index is 601. The van der Waals surface area contributed by atoms with Gasteiger partial charge in [-0.2, -0.15) is 0 Å².